The lowest BCUT2D eigenvalue weighted by atomic mass is 10.0. The summed E-state index contributed by atoms with van der Waals surface area (Å²) in [4.78, 5) is 12.7. The quantitative estimate of drug-likeness (QED) is 0.754. The van der Waals surface area contributed by atoms with Crippen LogP contribution in [0.3, 0.4) is 0 Å². The van der Waals surface area contributed by atoms with Crippen LogP contribution < -0.4 is 5.32 Å². The summed E-state index contributed by atoms with van der Waals surface area (Å²) in [5.41, 5.74) is -0.187. The number of piperidine rings is 1. The van der Waals surface area contributed by atoms with Gasteiger partial charge in [-0.25, -0.2) is 17.2 Å². The molecule has 1 amide bonds. The Hall–Kier alpha value is -1.84. The first-order valence-corrected chi connectivity index (χ1v) is 10.6. The number of hydrogen-bond donors (Lipinski definition) is 1. The molecule has 0 unspecified atom stereocenters. The molecule has 0 bridgehead atoms. The van der Waals surface area contributed by atoms with Crippen molar-refractivity contribution in [2.75, 3.05) is 11.9 Å². The molecule has 144 valence electrons. The number of anilines is 1. The van der Waals surface area contributed by atoms with E-state index in [1.165, 1.54) is 12.1 Å². The second-order valence-corrected chi connectivity index (χ2v) is 9.00. The van der Waals surface area contributed by atoms with Gasteiger partial charge in [0, 0.05) is 17.1 Å². The highest BCUT2D eigenvalue weighted by atomic mass is 79.9. The van der Waals surface area contributed by atoms with Gasteiger partial charge in [-0.05, 0) is 49.2 Å². The average Bonchev–Trinajstić information content (AvgIpc) is 2.64. The summed E-state index contributed by atoms with van der Waals surface area (Å²) in [6, 6.07) is 7.98. The van der Waals surface area contributed by atoms with E-state index in [0.717, 1.165) is 20.9 Å². The molecule has 1 aliphatic heterocycles. The number of carbonyl (C=O) groups is 1. The van der Waals surface area contributed by atoms with Crippen LogP contribution in [0.4, 0.5) is 14.5 Å². The van der Waals surface area contributed by atoms with Gasteiger partial charge in [0.2, 0.25) is 15.9 Å². The van der Waals surface area contributed by atoms with Crippen molar-refractivity contribution in [2.24, 2.45) is 0 Å². The summed E-state index contributed by atoms with van der Waals surface area (Å²) in [7, 11) is -3.88. The first-order chi connectivity index (χ1) is 12.8. The zero-order valence-electron chi connectivity index (χ0n) is 14.2. The lowest BCUT2D eigenvalue weighted by molar-refractivity contribution is -0.120. The van der Waals surface area contributed by atoms with Crippen LogP contribution in [0.1, 0.15) is 19.3 Å². The van der Waals surface area contributed by atoms with E-state index in [1.54, 1.807) is 12.1 Å². The molecule has 1 saturated heterocycles. The van der Waals surface area contributed by atoms with Crippen molar-refractivity contribution in [2.45, 2.75) is 30.2 Å². The Morgan fingerprint density at radius 3 is 2.48 bits per heavy atom. The molecule has 27 heavy (non-hydrogen) atoms. The van der Waals surface area contributed by atoms with Gasteiger partial charge >= 0.3 is 0 Å². The Bertz CT molecular complexity index is 952. The highest BCUT2D eigenvalue weighted by Crippen LogP contribution is 2.27. The van der Waals surface area contributed by atoms with Crippen molar-refractivity contribution in [3.63, 3.8) is 0 Å². The van der Waals surface area contributed by atoms with Crippen LogP contribution in [0.5, 0.6) is 0 Å². The average molecular weight is 459 g/mol. The predicted octanol–water partition coefficient (Wildman–Crippen LogP) is 3.91. The second kappa shape index (κ2) is 8.04. The molecule has 1 N–H and O–H groups in total. The fraction of sp³-hybridized carbons (Fsp3) is 0.278. The number of rotatable bonds is 4. The van der Waals surface area contributed by atoms with Gasteiger partial charge in [-0.15, -0.1) is 0 Å². The van der Waals surface area contributed by atoms with Gasteiger partial charge in [0.05, 0.1) is 10.6 Å². The largest absolute Gasteiger partial charge is 0.322 e. The molecule has 0 radical (unpaired) electrons. The van der Waals surface area contributed by atoms with Gasteiger partial charge in [-0.1, -0.05) is 22.4 Å². The van der Waals surface area contributed by atoms with E-state index in [0.29, 0.717) is 25.3 Å². The summed E-state index contributed by atoms with van der Waals surface area (Å²) in [6.07, 6.45) is 1.63. The first kappa shape index (κ1) is 19.9. The fourth-order valence-electron chi connectivity index (χ4n) is 3.00. The summed E-state index contributed by atoms with van der Waals surface area (Å²) >= 11 is 3.26. The maximum absolute atomic E-state index is 13.8. The third-order valence-electron chi connectivity index (χ3n) is 4.37. The monoisotopic (exact) mass is 458 g/mol. The number of hydrogen-bond acceptors (Lipinski definition) is 3. The van der Waals surface area contributed by atoms with Crippen LogP contribution in [0.15, 0.2) is 51.8 Å². The van der Waals surface area contributed by atoms with Gasteiger partial charge in [0.1, 0.15) is 17.7 Å². The number of benzene rings is 2. The fourth-order valence-corrected chi connectivity index (χ4v) is 4.92. The molecule has 0 saturated carbocycles. The Labute approximate surface area is 164 Å². The lowest BCUT2D eigenvalue weighted by Gasteiger charge is -2.33. The van der Waals surface area contributed by atoms with Crippen molar-refractivity contribution in [1.29, 1.82) is 0 Å². The van der Waals surface area contributed by atoms with Crippen LogP contribution >= 0.6 is 15.9 Å². The molecule has 2 aromatic rings. The van der Waals surface area contributed by atoms with Crippen LogP contribution in [0, 0.1) is 11.6 Å². The molecule has 2 aromatic carbocycles. The van der Waals surface area contributed by atoms with E-state index in [9.17, 15) is 22.0 Å². The number of sulfonamides is 1. The van der Waals surface area contributed by atoms with Crippen molar-refractivity contribution < 1.29 is 22.0 Å². The van der Waals surface area contributed by atoms with Gasteiger partial charge in [0.25, 0.3) is 0 Å². The number of amides is 1. The Morgan fingerprint density at radius 1 is 1.11 bits per heavy atom. The highest BCUT2D eigenvalue weighted by molar-refractivity contribution is 9.10. The van der Waals surface area contributed by atoms with Gasteiger partial charge < -0.3 is 5.32 Å². The van der Waals surface area contributed by atoms with E-state index in [-0.39, 0.29) is 17.1 Å². The third kappa shape index (κ3) is 4.36. The van der Waals surface area contributed by atoms with Crippen molar-refractivity contribution in [1.82, 2.24) is 4.31 Å². The lowest BCUT2D eigenvalue weighted by Crippen LogP contribution is -2.49. The van der Waals surface area contributed by atoms with E-state index in [1.807, 2.05) is 0 Å². The molecule has 9 heteroatoms. The number of halogens is 3. The van der Waals surface area contributed by atoms with E-state index in [4.69, 9.17) is 0 Å². The van der Waals surface area contributed by atoms with Gasteiger partial charge in [0.15, 0.2) is 0 Å². The van der Waals surface area contributed by atoms with Gasteiger partial charge in [-0.3, -0.25) is 4.79 Å². The maximum atomic E-state index is 13.8. The third-order valence-corrected chi connectivity index (χ3v) is 6.82. The van der Waals surface area contributed by atoms with E-state index >= 15 is 0 Å². The summed E-state index contributed by atoms with van der Waals surface area (Å²) in [5.74, 6) is -2.31. The Morgan fingerprint density at radius 2 is 1.81 bits per heavy atom. The molecule has 5 nitrogen and oxygen atoms in total. The standard InChI is InChI=1S/C18H17BrF2N2O3S/c19-12-4-7-14(8-5-12)27(25,26)23-10-2-1-3-17(23)18(24)22-16-9-6-13(20)11-15(16)21/h4-9,11,17H,1-3,10H2,(H,22,24)/t17-/m0/s1. The van der Waals surface area contributed by atoms with Gasteiger partial charge in [-0.2, -0.15) is 4.31 Å². The molecule has 1 atom stereocenters. The highest BCUT2D eigenvalue weighted by Gasteiger charge is 2.37. The molecule has 0 aromatic heterocycles. The van der Waals surface area contributed by atoms with Crippen LogP contribution in [-0.2, 0) is 14.8 Å². The molecule has 1 heterocycles. The molecular formula is C18H17BrF2N2O3S. The summed E-state index contributed by atoms with van der Waals surface area (Å²) in [6.45, 7) is 0.197. The zero-order valence-corrected chi connectivity index (χ0v) is 16.6. The minimum atomic E-state index is -3.88. The zero-order chi connectivity index (χ0) is 19.6. The van der Waals surface area contributed by atoms with Crippen molar-refractivity contribution in [3.8, 4) is 0 Å². The number of nitrogens with zero attached hydrogens (tertiary/aromatic N) is 1. The predicted molar refractivity (Wildman–Crippen MR) is 101 cm³/mol. The van der Waals surface area contributed by atoms with E-state index in [2.05, 4.69) is 21.2 Å². The van der Waals surface area contributed by atoms with Crippen molar-refractivity contribution in [3.05, 3.63) is 58.6 Å². The van der Waals surface area contributed by atoms with Crippen LogP contribution in [-0.4, -0.2) is 31.2 Å². The molecular weight excluding hydrogens is 442 g/mol. The first-order valence-electron chi connectivity index (χ1n) is 8.32. The van der Waals surface area contributed by atoms with Crippen LogP contribution in [0.25, 0.3) is 0 Å². The molecule has 1 aliphatic rings. The van der Waals surface area contributed by atoms with Crippen LogP contribution in [0.2, 0.25) is 0 Å². The minimum Gasteiger partial charge on any atom is -0.322 e. The normalized spacial score (nSPS) is 18.3. The smallest absolute Gasteiger partial charge is 0.243 e. The SMILES string of the molecule is O=C(Nc1ccc(F)cc1F)[C@@H]1CCCCN1S(=O)(=O)c1ccc(Br)cc1. The molecule has 0 spiro atoms. The van der Waals surface area contributed by atoms with E-state index < -0.39 is 33.6 Å². The van der Waals surface area contributed by atoms with Crippen molar-refractivity contribution >= 4 is 37.5 Å². The molecule has 0 aliphatic carbocycles. The second-order valence-electron chi connectivity index (χ2n) is 6.19. The molecule has 1 fully saturated rings. The Kier molecular flexibility index (Phi) is 5.92. The minimum absolute atomic E-state index is 0.0818. The summed E-state index contributed by atoms with van der Waals surface area (Å²) in [5, 5.41) is 2.38. The maximum Gasteiger partial charge on any atom is 0.243 e. The number of nitrogens with one attached hydrogen (secondary N) is 1. The summed E-state index contributed by atoms with van der Waals surface area (Å²) < 4.78 is 54.7. The number of carbonyl (C=O) groups excluding carboxylic acids is 1. The molecule has 3 rings (SSSR count). The topological polar surface area (TPSA) is 66.5 Å². The Balaban J connectivity index is 1.86.